The lowest BCUT2D eigenvalue weighted by Gasteiger charge is -2.14. The Bertz CT molecular complexity index is 1150. The zero-order valence-corrected chi connectivity index (χ0v) is 18.0. The fourth-order valence-electron chi connectivity index (χ4n) is 2.63. The number of thioether (sulfide) groups is 1. The Balaban J connectivity index is 1.87. The van der Waals surface area contributed by atoms with Crippen molar-refractivity contribution < 1.29 is 22.4 Å². The number of nitrogens with one attached hydrogen (secondary N) is 1. The molecule has 1 heterocycles. The van der Waals surface area contributed by atoms with Crippen LogP contribution in [0.1, 0.15) is 10.5 Å². The lowest BCUT2D eigenvalue weighted by Crippen LogP contribution is -2.25. The first-order chi connectivity index (χ1) is 14.3. The number of carbonyl (C=O) groups excluding carboxylic acids is 1. The summed E-state index contributed by atoms with van der Waals surface area (Å²) in [5, 5.41) is 3.28. The minimum absolute atomic E-state index is 0.0193. The molecule has 30 heavy (non-hydrogen) atoms. The van der Waals surface area contributed by atoms with Crippen molar-refractivity contribution in [2.24, 2.45) is 0 Å². The van der Waals surface area contributed by atoms with E-state index in [1.54, 1.807) is 16.7 Å². The summed E-state index contributed by atoms with van der Waals surface area (Å²) in [5.74, 6) is -0.832. The van der Waals surface area contributed by atoms with Crippen LogP contribution in [0.3, 0.4) is 0 Å². The van der Waals surface area contributed by atoms with Crippen LogP contribution in [0.15, 0.2) is 64.8 Å². The zero-order chi connectivity index (χ0) is 21.9. The van der Waals surface area contributed by atoms with Crippen LogP contribution < -0.4 is 5.32 Å². The minimum atomic E-state index is -3.78. The molecule has 0 bridgehead atoms. The van der Waals surface area contributed by atoms with Crippen LogP contribution in [-0.4, -0.2) is 48.8 Å². The molecule has 3 aromatic rings. The smallest absolute Gasteiger partial charge is 0.274 e. The maximum atomic E-state index is 13.3. The first-order valence-electron chi connectivity index (χ1n) is 8.60. The number of amides is 1. The molecule has 1 amide bonds. The lowest BCUT2D eigenvalue weighted by molar-refractivity contribution is -0.0258. The van der Waals surface area contributed by atoms with Crippen molar-refractivity contribution in [1.82, 2.24) is 14.0 Å². The molecule has 0 atom stereocenters. The fourth-order valence-corrected chi connectivity index (χ4v) is 4.15. The first-order valence-corrected chi connectivity index (χ1v) is 11.3. The number of nitrogens with zero attached hydrogens (tertiary/aromatic N) is 3. The molecule has 0 aliphatic heterocycles. The second-order valence-corrected chi connectivity index (χ2v) is 8.73. The lowest BCUT2D eigenvalue weighted by atomic mass is 10.3. The van der Waals surface area contributed by atoms with Gasteiger partial charge in [0.25, 0.3) is 15.9 Å². The van der Waals surface area contributed by atoms with Crippen molar-refractivity contribution in [3.8, 4) is 5.69 Å². The van der Waals surface area contributed by atoms with E-state index < -0.39 is 15.9 Å². The highest BCUT2D eigenvalue weighted by atomic mass is 32.2. The number of imidazole rings is 1. The summed E-state index contributed by atoms with van der Waals surface area (Å²) in [7, 11) is -1.25. The third-order valence-corrected chi connectivity index (χ3v) is 6.58. The number of rotatable bonds is 7. The highest BCUT2D eigenvalue weighted by Gasteiger charge is 2.21. The average molecular weight is 451 g/mol. The molecule has 0 aliphatic carbocycles. The Morgan fingerprint density at radius 2 is 1.80 bits per heavy atom. The summed E-state index contributed by atoms with van der Waals surface area (Å²) in [6.45, 7) is 0. The Morgan fingerprint density at radius 1 is 1.17 bits per heavy atom. The van der Waals surface area contributed by atoms with Crippen LogP contribution in [0.25, 0.3) is 5.69 Å². The molecule has 1 aromatic heterocycles. The topological polar surface area (TPSA) is 93.5 Å². The van der Waals surface area contributed by atoms with Gasteiger partial charge < -0.3 is 5.32 Å². The number of benzene rings is 2. The van der Waals surface area contributed by atoms with Gasteiger partial charge in [-0.15, -0.1) is 0 Å². The second kappa shape index (κ2) is 8.96. The van der Waals surface area contributed by atoms with E-state index in [2.05, 4.69) is 10.3 Å². The minimum Gasteiger partial charge on any atom is -0.321 e. The number of carbonyl (C=O) groups is 1. The third kappa shape index (κ3) is 4.38. The third-order valence-electron chi connectivity index (χ3n) is 4.24. The van der Waals surface area contributed by atoms with Gasteiger partial charge >= 0.3 is 0 Å². The summed E-state index contributed by atoms with van der Waals surface area (Å²) in [5.41, 5.74) is 1.24. The first kappa shape index (κ1) is 22.0. The van der Waals surface area contributed by atoms with Gasteiger partial charge in [-0.25, -0.2) is 17.8 Å². The van der Waals surface area contributed by atoms with Gasteiger partial charge in [-0.05, 0) is 54.8 Å². The molecule has 158 valence electrons. The van der Waals surface area contributed by atoms with Gasteiger partial charge in [0.15, 0.2) is 5.16 Å². The Hall–Kier alpha value is -2.73. The van der Waals surface area contributed by atoms with Gasteiger partial charge in [0.2, 0.25) is 0 Å². The molecule has 2 aromatic carbocycles. The summed E-state index contributed by atoms with van der Waals surface area (Å²) in [4.78, 5) is 21.8. The van der Waals surface area contributed by atoms with Crippen LogP contribution >= 0.6 is 11.8 Å². The van der Waals surface area contributed by atoms with Crippen molar-refractivity contribution in [1.29, 1.82) is 0 Å². The molecule has 3 rings (SSSR count). The van der Waals surface area contributed by atoms with Gasteiger partial charge in [0.1, 0.15) is 11.5 Å². The second-order valence-electron chi connectivity index (χ2n) is 6.02. The van der Waals surface area contributed by atoms with E-state index >= 15 is 0 Å². The van der Waals surface area contributed by atoms with E-state index in [1.165, 1.54) is 68.5 Å². The maximum Gasteiger partial charge on any atom is 0.274 e. The monoisotopic (exact) mass is 450 g/mol. The van der Waals surface area contributed by atoms with E-state index in [-0.39, 0.29) is 16.4 Å². The zero-order valence-electron chi connectivity index (χ0n) is 16.4. The quantitative estimate of drug-likeness (QED) is 0.439. The number of sulfonamides is 1. The predicted molar refractivity (Wildman–Crippen MR) is 112 cm³/mol. The van der Waals surface area contributed by atoms with Crippen molar-refractivity contribution in [2.45, 2.75) is 10.1 Å². The summed E-state index contributed by atoms with van der Waals surface area (Å²) in [6, 6.07) is 11.4. The number of aromatic nitrogens is 2. The molecular formula is C19H19FN4O4S2. The molecule has 0 saturated carbocycles. The van der Waals surface area contributed by atoms with Crippen molar-refractivity contribution in [2.75, 3.05) is 25.7 Å². The number of halogens is 1. The number of hydrogen-bond acceptors (Lipinski definition) is 6. The normalized spacial score (nSPS) is 11.6. The number of hydroxylamine groups is 1. The van der Waals surface area contributed by atoms with Gasteiger partial charge in [0, 0.05) is 18.4 Å². The molecular weight excluding hydrogens is 431 g/mol. The van der Waals surface area contributed by atoms with E-state index in [0.29, 0.717) is 16.5 Å². The van der Waals surface area contributed by atoms with Gasteiger partial charge in [-0.1, -0.05) is 16.2 Å². The standard InChI is InChI=1S/C19H19FN4O4S2/c1-23(28-2)30(26,27)16-10-6-14(7-11-16)22-18(25)17-12-21-19(29-3)24(17)15-8-4-13(20)5-9-15/h4-12H,1-3H3,(H,22,25). The SMILES string of the molecule is CON(C)S(=O)(=O)c1ccc(NC(=O)c2cnc(SC)n2-c2ccc(F)cc2)cc1. The van der Waals surface area contributed by atoms with Crippen LogP contribution in [0.5, 0.6) is 0 Å². The van der Waals surface area contributed by atoms with E-state index in [9.17, 15) is 17.6 Å². The predicted octanol–water partition coefficient (Wildman–Crippen LogP) is 3.17. The molecule has 0 fully saturated rings. The maximum absolute atomic E-state index is 13.3. The summed E-state index contributed by atoms with van der Waals surface area (Å²) >= 11 is 1.34. The fraction of sp³-hybridized carbons (Fsp3) is 0.158. The summed E-state index contributed by atoms with van der Waals surface area (Å²) < 4.78 is 40.1. The highest BCUT2D eigenvalue weighted by Crippen LogP contribution is 2.23. The van der Waals surface area contributed by atoms with Gasteiger partial charge in [-0.3, -0.25) is 14.2 Å². The van der Waals surface area contributed by atoms with Crippen LogP contribution in [0.2, 0.25) is 0 Å². The largest absolute Gasteiger partial charge is 0.321 e. The molecule has 0 spiro atoms. The van der Waals surface area contributed by atoms with E-state index in [0.717, 1.165) is 4.47 Å². The van der Waals surface area contributed by atoms with Crippen LogP contribution in [0.4, 0.5) is 10.1 Å². The van der Waals surface area contributed by atoms with Crippen molar-refractivity contribution in [3.63, 3.8) is 0 Å². The average Bonchev–Trinajstić information content (AvgIpc) is 3.18. The highest BCUT2D eigenvalue weighted by molar-refractivity contribution is 7.98. The van der Waals surface area contributed by atoms with Crippen LogP contribution in [-0.2, 0) is 14.9 Å². The molecule has 0 radical (unpaired) electrons. The van der Waals surface area contributed by atoms with E-state index in [1.807, 2.05) is 6.26 Å². The number of hydrogen-bond donors (Lipinski definition) is 1. The Labute approximate surface area is 177 Å². The number of anilines is 1. The van der Waals surface area contributed by atoms with Crippen molar-refractivity contribution in [3.05, 3.63) is 66.2 Å². The van der Waals surface area contributed by atoms with E-state index in [4.69, 9.17) is 4.84 Å². The molecule has 8 nitrogen and oxygen atoms in total. The molecule has 1 N–H and O–H groups in total. The molecule has 0 saturated heterocycles. The van der Waals surface area contributed by atoms with Crippen molar-refractivity contribution >= 4 is 33.4 Å². The molecule has 0 aliphatic rings. The van der Waals surface area contributed by atoms with Gasteiger partial charge in [-0.2, -0.15) is 0 Å². The van der Waals surface area contributed by atoms with Gasteiger partial charge in [0.05, 0.1) is 18.2 Å². The molecule has 0 unspecified atom stereocenters. The summed E-state index contributed by atoms with van der Waals surface area (Å²) in [6.07, 6.45) is 3.25. The Kier molecular flexibility index (Phi) is 6.56. The molecule has 11 heteroatoms. The Morgan fingerprint density at radius 3 is 2.37 bits per heavy atom. The van der Waals surface area contributed by atoms with Crippen LogP contribution in [0, 0.1) is 5.82 Å².